The molecule has 0 saturated carbocycles. The number of thioether (sulfide) groups is 1. The molecule has 0 heterocycles. The Bertz CT molecular complexity index is 1210. The molecule has 0 aliphatic heterocycles. The number of unbranched alkanes of at least 4 members (excludes halogenated alkanes) is 18. The van der Waals surface area contributed by atoms with Gasteiger partial charge in [-0.15, -0.1) is 0 Å². The van der Waals surface area contributed by atoms with Crippen molar-refractivity contribution in [3.8, 4) is 0 Å². The molecule has 0 fully saturated rings. The Hall–Kier alpha value is -2.25. The molecule has 0 aliphatic rings. The van der Waals surface area contributed by atoms with Crippen molar-refractivity contribution in [2.75, 3.05) is 11.5 Å². The van der Waals surface area contributed by atoms with Crippen LogP contribution >= 0.6 is 11.8 Å². The van der Waals surface area contributed by atoms with E-state index in [1.165, 1.54) is 185 Å². The number of aryl methyl sites for hydroxylation is 2. The number of hydrogen-bond donors (Lipinski definition) is 0. The molecule has 1 heteroatoms. The molecule has 0 amide bonds. The molecule has 0 saturated heterocycles. The normalized spacial score (nSPS) is 11.6. The molecule has 0 spiro atoms. The predicted octanol–water partition coefficient (Wildman–Crippen LogP) is 14.3. The average molecular weight is 623 g/mol. The highest BCUT2D eigenvalue weighted by molar-refractivity contribution is 7.99. The molecule has 4 aromatic rings. The smallest absolute Gasteiger partial charge is 0.00675 e. The molecule has 45 heavy (non-hydrogen) atoms. The predicted molar refractivity (Wildman–Crippen MR) is 205 cm³/mol. The van der Waals surface area contributed by atoms with Crippen LogP contribution in [0.15, 0.2) is 84.9 Å². The summed E-state index contributed by atoms with van der Waals surface area (Å²) in [7, 11) is 0. The SMILES string of the molecule is c1ccc2cc(CCCCCCCCCCCCSCCCCCCCCCCCCc3ccc4ccccc4c3)ccc2c1. The molecule has 0 bridgehead atoms. The molecule has 0 aliphatic carbocycles. The van der Waals surface area contributed by atoms with Gasteiger partial charge in [0.25, 0.3) is 0 Å². The van der Waals surface area contributed by atoms with Crippen LogP contribution in [0.2, 0.25) is 0 Å². The number of hydrogen-bond acceptors (Lipinski definition) is 1. The first-order valence-electron chi connectivity index (χ1n) is 18.9. The summed E-state index contributed by atoms with van der Waals surface area (Å²) in [6.45, 7) is 0. The zero-order valence-electron chi connectivity index (χ0n) is 28.5. The highest BCUT2D eigenvalue weighted by Crippen LogP contribution is 2.20. The molecule has 0 nitrogen and oxygen atoms in total. The molecule has 0 N–H and O–H groups in total. The van der Waals surface area contributed by atoms with Crippen LogP contribution in [-0.2, 0) is 12.8 Å². The second kappa shape index (κ2) is 23.1. The fourth-order valence-corrected chi connectivity index (χ4v) is 7.81. The van der Waals surface area contributed by atoms with E-state index in [4.69, 9.17) is 0 Å². The van der Waals surface area contributed by atoms with Gasteiger partial charge in [0.1, 0.15) is 0 Å². The Morgan fingerprint density at radius 1 is 0.289 bits per heavy atom. The van der Waals surface area contributed by atoms with E-state index in [2.05, 4.69) is 96.7 Å². The number of rotatable bonds is 26. The van der Waals surface area contributed by atoms with Gasteiger partial charge in [-0.2, -0.15) is 11.8 Å². The van der Waals surface area contributed by atoms with Gasteiger partial charge < -0.3 is 0 Å². The van der Waals surface area contributed by atoms with Crippen molar-refractivity contribution in [1.29, 1.82) is 0 Å². The third-order valence-corrected chi connectivity index (χ3v) is 10.8. The monoisotopic (exact) mass is 622 g/mol. The van der Waals surface area contributed by atoms with Gasteiger partial charge in [0, 0.05) is 0 Å². The van der Waals surface area contributed by atoms with E-state index < -0.39 is 0 Å². The minimum Gasteiger partial charge on any atom is -0.162 e. The lowest BCUT2D eigenvalue weighted by molar-refractivity contribution is 0.556. The van der Waals surface area contributed by atoms with E-state index in [9.17, 15) is 0 Å². The van der Waals surface area contributed by atoms with Crippen LogP contribution in [0.4, 0.5) is 0 Å². The van der Waals surface area contributed by atoms with Gasteiger partial charge in [-0.05, 0) is 82.7 Å². The van der Waals surface area contributed by atoms with E-state index in [0.29, 0.717) is 0 Å². The Morgan fingerprint density at radius 2 is 0.600 bits per heavy atom. The van der Waals surface area contributed by atoms with Crippen LogP contribution < -0.4 is 0 Å². The summed E-state index contributed by atoms with van der Waals surface area (Å²) in [4.78, 5) is 0. The van der Waals surface area contributed by atoms with E-state index in [1.54, 1.807) is 0 Å². The van der Waals surface area contributed by atoms with Gasteiger partial charge in [0.2, 0.25) is 0 Å². The van der Waals surface area contributed by atoms with Crippen molar-refractivity contribution in [3.05, 3.63) is 96.1 Å². The first kappa shape index (κ1) is 35.6. The van der Waals surface area contributed by atoms with Crippen LogP contribution in [0.1, 0.15) is 140 Å². The lowest BCUT2D eigenvalue weighted by atomic mass is 10.0. The Kier molecular flexibility index (Phi) is 18.3. The maximum absolute atomic E-state index is 2.38. The molecular formula is C44H62S. The number of benzene rings is 4. The van der Waals surface area contributed by atoms with Gasteiger partial charge in [-0.3, -0.25) is 0 Å². The van der Waals surface area contributed by atoms with Crippen molar-refractivity contribution in [3.63, 3.8) is 0 Å². The summed E-state index contributed by atoms with van der Waals surface area (Å²) in [5.74, 6) is 2.77. The first-order valence-corrected chi connectivity index (χ1v) is 20.1. The Morgan fingerprint density at radius 3 is 0.978 bits per heavy atom. The fourth-order valence-electron chi connectivity index (χ4n) is 6.79. The minimum absolute atomic E-state index is 1.23. The van der Waals surface area contributed by atoms with Crippen molar-refractivity contribution < 1.29 is 0 Å². The van der Waals surface area contributed by atoms with Gasteiger partial charge in [-0.25, -0.2) is 0 Å². The van der Waals surface area contributed by atoms with Crippen LogP contribution in [0.5, 0.6) is 0 Å². The van der Waals surface area contributed by atoms with E-state index in [-0.39, 0.29) is 0 Å². The Balaban J connectivity index is 0.812. The standard InChI is InChI=1S/C44H62S/c1(5-9-13-17-25-39-31-33-41-27-19-21-29-43(41)37-39)3-7-11-15-23-35-45-36-24-16-12-8-4-2-6-10-14-18-26-40-32-34-42-28-20-22-30-44(42)38-40/h19-22,27-34,37-38H,1-18,23-26,35-36H2. The molecule has 4 aromatic carbocycles. The molecule has 244 valence electrons. The topological polar surface area (TPSA) is 0 Å². The fraction of sp³-hybridized carbons (Fsp3) is 0.545. The molecular weight excluding hydrogens is 561 g/mol. The van der Waals surface area contributed by atoms with Crippen LogP contribution in [0, 0.1) is 0 Å². The summed E-state index contributed by atoms with van der Waals surface area (Å²) in [6.07, 6.45) is 31.0. The van der Waals surface area contributed by atoms with Crippen molar-refractivity contribution >= 4 is 33.3 Å². The highest BCUT2D eigenvalue weighted by atomic mass is 32.2. The van der Waals surface area contributed by atoms with E-state index in [1.807, 2.05) is 0 Å². The highest BCUT2D eigenvalue weighted by Gasteiger charge is 2.00. The van der Waals surface area contributed by atoms with Gasteiger partial charge >= 0.3 is 0 Å². The summed E-state index contributed by atoms with van der Waals surface area (Å²) in [6, 6.07) is 31.4. The van der Waals surface area contributed by atoms with Crippen molar-refractivity contribution in [1.82, 2.24) is 0 Å². The van der Waals surface area contributed by atoms with Gasteiger partial charge in [-0.1, -0.05) is 188 Å². The lowest BCUT2D eigenvalue weighted by Crippen LogP contribution is -1.88. The maximum atomic E-state index is 2.38. The first-order chi connectivity index (χ1) is 22.4. The molecule has 0 radical (unpaired) electrons. The third kappa shape index (κ3) is 15.3. The van der Waals surface area contributed by atoms with Crippen LogP contribution in [0.3, 0.4) is 0 Å². The second-order valence-electron chi connectivity index (χ2n) is 13.5. The summed E-state index contributed by atoms with van der Waals surface area (Å²) >= 11 is 2.21. The summed E-state index contributed by atoms with van der Waals surface area (Å²) in [5.41, 5.74) is 3.01. The van der Waals surface area contributed by atoms with Crippen molar-refractivity contribution in [2.24, 2.45) is 0 Å². The van der Waals surface area contributed by atoms with E-state index >= 15 is 0 Å². The zero-order chi connectivity index (χ0) is 31.0. The maximum Gasteiger partial charge on any atom is -0.00675 e. The van der Waals surface area contributed by atoms with Crippen LogP contribution in [-0.4, -0.2) is 11.5 Å². The van der Waals surface area contributed by atoms with E-state index in [0.717, 1.165) is 0 Å². The van der Waals surface area contributed by atoms with Gasteiger partial charge in [0.05, 0.1) is 0 Å². The lowest BCUT2D eigenvalue weighted by Gasteiger charge is -2.05. The third-order valence-electron chi connectivity index (χ3n) is 9.64. The minimum atomic E-state index is 1.23. The van der Waals surface area contributed by atoms with Gasteiger partial charge in [0.15, 0.2) is 0 Å². The molecule has 4 rings (SSSR count). The average Bonchev–Trinajstić information content (AvgIpc) is 3.08. The Labute approximate surface area is 281 Å². The summed E-state index contributed by atoms with van der Waals surface area (Å²) in [5, 5.41) is 5.49. The zero-order valence-corrected chi connectivity index (χ0v) is 29.3. The molecule has 0 aromatic heterocycles. The van der Waals surface area contributed by atoms with Crippen LogP contribution in [0.25, 0.3) is 21.5 Å². The molecule has 0 atom stereocenters. The number of fused-ring (bicyclic) bond motifs is 2. The van der Waals surface area contributed by atoms with Crippen molar-refractivity contribution in [2.45, 2.75) is 141 Å². The second-order valence-corrected chi connectivity index (χ2v) is 14.8. The largest absolute Gasteiger partial charge is 0.162 e. The summed E-state index contributed by atoms with van der Waals surface area (Å²) < 4.78 is 0. The molecule has 0 unspecified atom stereocenters. The quantitative estimate of drug-likeness (QED) is 0.0628.